The van der Waals surface area contributed by atoms with Gasteiger partial charge in [0.1, 0.15) is 0 Å². The summed E-state index contributed by atoms with van der Waals surface area (Å²) in [5, 5.41) is 0.0516. The van der Waals surface area contributed by atoms with Crippen molar-refractivity contribution in [1.82, 2.24) is 14.3 Å². The number of nitrogens with zero attached hydrogens (tertiary/aromatic N) is 2. The molecule has 0 aliphatic carbocycles. The van der Waals surface area contributed by atoms with Gasteiger partial charge in [-0.1, -0.05) is 0 Å². The van der Waals surface area contributed by atoms with E-state index in [1.165, 1.54) is 10.9 Å². The summed E-state index contributed by atoms with van der Waals surface area (Å²) in [6, 6.07) is 0.00977. The van der Waals surface area contributed by atoms with Crippen molar-refractivity contribution in [1.29, 1.82) is 0 Å². The molecule has 0 spiro atoms. The van der Waals surface area contributed by atoms with Crippen LogP contribution in [-0.4, -0.2) is 35.5 Å². The van der Waals surface area contributed by atoms with Crippen LogP contribution in [0.1, 0.15) is 12.8 Å². The average molecular weight is 276 g/mol. The highest BCUT2D eigenvalue weighted by atomic mass is 32.2. The van der Waals surface area contributed by atoms with Crippen molar-refractivity contribution in [2.75, 3.05) is 17.2 Å². The maximum Gasteiger partial charge on any atom is 0.260 e. The Morgan fingerprint density at radius 2 is 2.18 bits per heavy atom. The van der Waals surface area contributed by atoms with Crippen LogP contribution >= 0.6 is 11.8 Å². The fourth-order valence-electron chi connectivity index (χ4n) is 1.86. The standard InChI is InChI=1S/C9H16N4O2S2/c1-13-6-11-8(10)9(13)17(14,15)12-7-2-4-16-5-3-7/h6-7,12H,2-5,10H2,1H3. The van der Waals surface area contributed by atoms with Gasteiger partial charge in [-0.3, -0.25) is 0 Å². The molecular formula is C9H16N4O2S2. The van der Waals surface area contributed by atoms with Gasteiger partial charge in [0.15, 0.2) is 10.8 Å². The van der Waals surface area contributed by atoms with Crippen molar-refractivity contribution < 1.29 is 8.42 Å². The maximum atomic E-state index is 12.1. The maximum absolute atomic E-state index is 12.1. The summed E-state index contributed by atoms with van der Waals surface area (Å²) < 4.78 is 28.4. The summed E-state index contributed by atoms with van der Waals surface area (Å²) in [5.41, 5.74) is 5.58. The number of aryl methyl sites for hydroxylation is 1. The number of anilines is 1. The van der Waals surface area contributed by atoms with E-state index in [2.05, 4.69) is 9.71 Å². The number of nitrogens with one attached hydrogen (secondary N) is 1. The van der Waals surface area contributed by atoms with Crippen molar-refractivity contribution in [3.8, 4) is 0 Å². The van der Waals surface area contributed by atoms with Gasteiger partial charge in [0.25, 0.3) is 10.0 Å². The van der Waals surface area contributed by atoms with E-state index >= 15 is 0 Å². The van der Waals surface area contributed by atoms with Crippen molar-refractivity contribution in [3.63, 3.8) is 0 Å². The molecule has 2 rings (SSSR count). The smallest absolute Gasteiger partial charge is 0.260 e. The Morgan fingerprint density at radius 1 is 1.53 bits per heavy atom. The van der Waals surface area contributed by atoms with Crippen molar-refractivity contribution in [3.05, 3.63) is 6.33 Å². The normalized spacial score (nSPS) is 18.4. The lowest BCUT2D eigenvalue weighted by atomic mass is 10.2. The largest absolute Gasteiger partial charge is 0.381 e. The lowest BCUT2D eigenvalue weighted by Gasteiger charge is -2.22. The first-order valence-electron chi connectivity index (χ1n) is 5.37. The zero-order valence-electron chi connectivity index (χ0n) is 9.59. The second-order valence-corrected chi connectivity index (χ2v) is 6.91. The minimum atomic E-state index is -3.56. The number of hydrogen-bond donors (Lipinski definition) is 2. The zero-order chi connectivity index (χ0) is 12.5. The van der Waals surface area contributed by atoms with Crippen LogP contribution < -0.4 is 10.5 Å². The zero-order valence-corrected chi connectivity index (χ0v) is 11.2. The van der Waals surface area contributed by atoms with E-state index in [0.29, 0.717) is 0 Å². The molecule has 1 aromatic heterocycles. The summed E-state index contributed by atoms with van der Waals surface area (Å²) in [4.78, 5) is 3.79. The van der Waals surface area contributed by atoms with E-state index in [-0.39, 0.29) is 16.9 Å². The number of aromatic nitrogens is 2. The third kappa shape index (κ3) is 2.75. The van der Waals surface area contributed by atoms with Gasteiger partial charge in [-0.2, -0.15) is 11.8 Å². The topological polar surface area (TPSA) is 90.0 Å². The summed E-state index contributed by atoms with van der Waals surface area (Å²) >= 11 is 1.85. The molecule has 0 unspecified atom stereocenters. The van der Waals surface area contributed by atoms with Crippen molar-refractivity contribution in [2.24, 2.45) is 7.05 Å². The van der Waals surface area contributed by atoms with Gasteiger partial charge in [-0.05, 0) is 24.3 Å². The minimum absolute atomic E-state index is 0.00977. The molecule has 0 radical (unpaired) electrons. The van der Waals surface area contributed by atoms with E-state index in [1.54, 1.807) is 7.05 Å². The molecule has 0 amide bonds. The molecule has 1 aliphatic heterocycles. The molecule has 8 heteroatoms. The Morgan fingerprint density at radius 3 is 2.71 bits per heavy atom. The molecule has 0 atom stereocenters. The van der Waals surface area contributed by atoms with Crippen LogP contribution in [0, 0.1) is 0 Å². The SMILES string of the molecule is Cn1cnc(N)c1S(=O)(=O)NC1CCSCC1. The third-order valence-electron chi connectivity index (χ3n) is 2.71. The minimum Gasteiger partial charge on any atom is -0.381 e. The van der Waals surface area contributed by atoms with Crippen LogP contribution in [0.25, 0.3) is 0 Å². The highest BCUT2D eigenvalue weighted by molar-refractivity contribution is 7.99. The van der Waals surface area contributed by atoms with Crippen LogP contribution in [-0.2, 0) is 17.1 Å². The van der Waals surface area contributed by atoms with Gasteiger partial charge in [-0.25, -0.2) is 18.1 Å². The number of thioether (sulfide) groups is 1. The predicted molar refractivity (Wildman–Crippen MR) is 68.3 cm³/mol. The van der Waals surface area contributed by atoms with Crippen LogP contribution in [0.15, 0.2) is 11.4 Å². The Hall–Kier alpha value is -0.730. The first-order chi connectivity index (χ1) is 8.00. The molecule has 2 heterocycles. The Kier molecular flexibility index (Phi) is 3.64. The van der Waals surface area contributed by atoms with E-state index in [4.69, 9.17) is 5.73 Å². The Bertz CT molecular complexity index is 472. The van der Waals surface area contributed by atoms with Gasteiger partial charge < -0.3 is 10.3 Å². The molecule has 17 heavy (non-hydrogen) atoms. The van der Waals surface area contributed by atoms with Crippen LogP contribution in [0.4, 0.5) is 5.82 Å². The van der Waals surface area contributed by atoms with Gasteiger partial charge in [0.2, 0.25) is 0 Å². The second kappa shape index (κ2) is 4.87. The highest BCUT2D eigenvalue weighted by Crippen LogP contribution is 2.21. The number of sulfonamides is 1. The highest BCUT2D eigenvalue weighted by Gasteiger charge is 2.26. The van der Waals surface area contributed by atoms with Crippen molar-refractivity contribution in [2.45, 2.75) is 23.9 Å². The number of rotatable bonds is 3. The van der Waals surface area contributed by atoms with E-state index < -0.39 is 10.0 Å². The molecule has 1 saturated heterocycles. The third-order valence-corrected chi connectivity index (χ3v) is 5.41. The molecule has 0 bridgehead atoms. The van der Waals surface area contributed by atoms with Gasteiger partial charge in [-0.15, -0.1) is 0 Å². The first-order valence-corrected chi connectivity index (χ1v) is 8.01. The van der Waals surface area contributed by atoms with Crippen LogP contribution in [0.5, 0.6) is 0 Å². The fraction of sp³-hybridized carbons (Fsp3) is 0.667. The monoisotopic (exact) mass is 276 g/mol. The lowest BCUT2D eigenvalue weighted by Crippen LogP contribution is -2.38. The first kappa shape index (κ1) is 12.7. The molecule has 96 valence electrons. The van der Waals surface area contributed by atoms with Crippen LogP contribution in [0.2, 0.25) is 0 Å². The average Bonchev–Trinajstić information content (AvgIpc) is 2.59. The molecule has 1 aliphatic rings. The van der Waals surface area contributed by atoms with Gasteiger partial charge in [0, 0.05) is 13.1 Å². The summed E-state index contributed by atoms with van der Waals surface area (Å²) in [7, 11) is -1.94. The summed E-state index contributed by atoms with van der Waals surface area (Å²) in [6.07, 6.45) is 3.13. The number of nitrogens with two attached hydrogens (primary N) is 1. The molecule has 3 N–H and O–H groups in total. The summed E-state index contributed by atoms with van der Waals surface area (Å²) in [5.74, 6) is 2.03. The predicted octanol–water partition coefficient (Wildman–Crippen LogP) is 0.176. The molecule has 0 saturated carbocycles. The van der Waals surface area contributed by atoms with Crippen LogP contribution in [0.3, 0.4) is 0 Å². The lowest BCUT2D eigenvalue weighted by molar-refractivity contribution is 0.523. The van der Waals surface area contributed by atoms with Gasteiger partial charge >= 0.3 is 0 Å². The molecule has 1 aromatic rings. The quantitative estimate of drug-likeness (QED) is 0.821. The number of hydrogen-bond acceptors (Lipinski definition) is 5. The van der Waals surface area contributed by atoms with E-state index in [9.17, 15) is 8.42 Å². The summed E-state index contributed by atoms with van der Waals surface area (Å²) in [6.45, 7) is 0. The van der Waals surface area contributed by atoms with E-state index in [1.807, 2.05) is 11.8 Å². The number of imidazole rings is 1. The molecule has 1 fully saturated rings. The Balaban J connectivity index is 2.19. The van der Waals surface area contributed by atoms with Gasteiger partial charge in [0.05, 0.1) is 6.33 Å². The molecule has 6 nitrogen and oxygen atoms in total. The van der Waals surface area contributed by atoms with Crippen molar-refractivity contribution >= 4 is 27.6 Å². The number of nitrogen functional groups attached to an aromatic ring is 1. The molecule has 0 aromatic carbocycles. The molecular weight excluding hydrogens is 260 g/mol. The Labute approximate surface area is 105 Å². The van der Waals surface area contributed by atoms with E-state index in [0.717, 1.165) is 24.3 Å². The fourth-order valence-corrected chi connectivity index (χ4v) is 4.50. The second-order valence-electron chi connectivity index (χ2n) is 4.05.